The number of aryl methyl sites for hydroxylation is 1. The largest absolute Gasteiger partial charge is 0.469 e. The molecule has 21 heavy (non-hydrogen) atoms. The fourth-order valence-corrected chi connectivity index (χ4v) is 2.17. The first-order valence-corrected chi connectivity index (χ1v) is 7.43. The Kier molecular flexibility index (Phi) is 5.53. The van der Waals surface area contributed by atoms with E-state index in [9.17, 15) is 0 Å². The predicted molar refractivity (Wildman–Crippen MR) is 84.8 cm³/mol. The van der Waals surface area contributed by atoms with Crippen LogP contribution in [0.15, 0.2) is 35.1 Å². The summed E-state index contributed by atoms with van der Waals surface area (Å²) < 4.78 is 5.33. The van der Waals surface area contributed by atoms with Gasteiger partial charge in [0.15, 0.2) is 0 Å². The molecule has 1 N–H and O–H groups in total. The molecule has 0 aliphatic heterocycles. The molecule has 2 heterocycles. The van der Waals surface area contributed by atoms with Crippen molar-refractivity contribution in [3.05, 3.63) is 53.2 Å². The molecule has 0 atom stereocenters. The number of hydrogen-bond acceptors (Lipinski definition) is 4. The van der Waals surface area contributed by atoms with Crippen molar-refractivity contribution in [2.75, 3.05) is 7.05 Å². The lowest BCUT2D eigenvalue weighted by molar-refractivity contribution is 0.312. The van der Waals surface area contributed by atoms with Crippen LogP contribution in [-0.4, -0.2) is 23.0 Å². The van der Waals surface area contributed by atoms with Gasteiger partial charge in [0.2, 0.25) is 0 Å². The minimum absolute atomic E-state index is 0.494. The summed E-state index contributed by atoms with van der Waals surface area (Å²) in [6.45, 7) is 8.87. The molecule has 0 amide bonds. The van der Waals surface area contributed by atoms with Gasteiger partial charge in [0.25, 0.3) is 0 Å². The molecule has 4 heteroatoms. The van der Waals surface area contributed by atoms with E-state index in [1.54, 1.807) is 6.26 Å². The number of aromatic nitrogens is 1. The summed E-state index contributed by atoms with van der Waals surface area (Å²) in [4.78, 5) is 6.79. The zero-order valence-electron chi connectivity index (χ0n) is 13.4. The van der Waals surface area contributed by atoms with Crippen LogP contribution in [0.2, 0.25) is 0 Å². The lowest BCUT2D eigenvalue weighted by Crippen LogP contribution is -2.22. The molecule has 0 aliphatic carbocycles. The van der Waals surface area contributed by atoms with Crippen LogP contribution < -0.4 is 5.32 Å². The van der Waals surface area contributed by atoms with Crippen molar-refractivity contribution >= 4 is 0 Å². The Labute approximate surface area is 127 Å². The number of pyridine rings is 1. The molecule has 0 aliphatic rings. The van der Waals surface area contributed by atoms with Crippen LogP contribution in [0.1, 0.15) is 36.4 Å². The van der Waals surface area contributed by atoms with Crippen LogP contribution in [0.4, 0.5) is 0 Å². The van der Waals surface area contributed by atoms with Gasteiger partial charge in [-0.05, 0) is 31.7 Å². The highest BCUT2D eigenvalue weighted by atomic mass is 16.3. The molecule has 0 saturated heterocycles. The highest BCUT2D eigenvalue weighted by Crippen LogP contribution is 2.12. The van der Waals surface area contributed by atoms with E-state index in [2.05, 4.69) is 48.2 Å². The maximum absolute atomic E-state index is 5.33. The van der Waals surface area contributed by atoms with E-state index < -0.39 is 0 Å². The SMILES string of the molecule is Cc1occc1CN(C)Cc1ccc(CNC(C)C)cn1. The third-order valence-electron chi connectivity index (χ3n) is 3.44. The van der Waals surface area contributed by atoms with Crippen LogP contribution in [0.25, 0.3) is 0 Å². The van der Waals surface area contributed by atoms with Crippen molar-refractivity contribution in [3.8, 4) is 0 Å². The molecule has 0 unspecified atom stereocenters. The molecule has 2 aromatic heterocycles. The quantitative estimate of drug-likeness (QED) is 0.849. The van der Waals surface area contributed by atoms with Gasteiger partial charge in [0, 0.05) is 37.4 Å². The minimum atomic E-state index is 0.494. The number of nitrogens with zero attached hydrogens (tertiary/aromatic N) is 2. The number of furan rings is 1. The van der Waals surface area contributed by atoms with E-state index in [0.717, 1.165) is 31.1 Å². The van der Waals surface area contributed by atoms with E-state index in [1.807, 2.05) is 19.2 Å². The van der Waals surface area contributed by atoms with E-state index in [0.29, 0.717) is 6.04 Å². The smallest absolute Gasteiger partial charge is 0.105 e. The van der Waals surface area contributed by atoms with Crippen molar-refractivity contribution in [2.24, 2.45) is 0 Å². The van der Waals surface area contributed by atoms with Gasteiger partial charge in [-0.1, -0.05) is 19.9 Å². The summed E-state index contributed by atoms with van der Waals surface area (Å²) >= 11 is 0. The van der Waals surface area contributed by atoms with Crippen LogP contribution in [0.5, 0.6) is 0 Å². The average Bonchev–Trinajstić information content (AvgIpc) is 2.83. The molecule has 114 valence electrons. The van der Waals surface area contributed by atoms with Crippen molar-refractivity contribution in [1.82, 2.24) is 15.2 Å². The first kappa shape index (κ1) is 15.7. The summed E-state index contributed by atoms with van der Waals surface area (Å²) in [6, 6.07) is 6.78. The molecular weight excluding hydrogens is 262 g/mol. The van der Waals surface area contributed by atoms with Gasteiger partial charge in [-0.2, -0.15) is 0 Å². The van der Waals surface area contributed by atoms with Crippen molar-refractivity contribution < 1.29 is 4.42 Å². The minimum Gasteiger partial charge on any atom is -0.469 e. The van der Waals surface area contributed by atoms with Gasteiger partial charge in [-0.15, -0.1) is 0 Å². The summed E-state index contributed by atoms with van der Waals surface area (Å²) in [6.07, 6.45) is 3.70. The molecular formula is C17H25N3O. The Morgan fingerprint density at radius 2 is 2.05 bits per heavy atom. The molecule has 2 aromatic rings. The third kappa shape index (κ3) is 4.99. The number of nitrogens with one attached hydrogen (secondary N) is 1. The Hall–Kier alpha value is -1.65. The van der Waals surface area contributed by atoms with Crippen LogP contribution in [0, 0.1) is 6.92 Å². The number of rotatable bonds is 7. The summed E-state index contributed by atoms with van der Waals surface area (Å²) in [5.74, 6) is 0.991. The zero-order valence-corrected chi connectivity index (χ0v) is 13.4. The van der Waals surface area contributed by atoms with Crippen molar-refractivity contribution in [2.45, 2.75) is 46.4 Å². The zero-order chi connectivity index (χ0) is 15.2. The molecule has 4 nitrogen and oxygen atoms in total. The third-order valence-corrected chi connectivity index (χ3v) is 3.44. The van der Waals surface area contributed by atoms with E-state index >= 15 is 0 Å². The lowest BCUT2D eigenvalue weighted by atomic mass is 10.2. The number of hydrogen-bond donors (Lipinski definition) is 1. The summed E-state index contributed by atoms with van der Waals surface area (Å²) in [5.41, 5.74) is 3.54. The highest BCUT2D eigenvalue weighted by Gasteiger charge is 2.07. The lowest BCUT2D eigenvalue weighted by Gasteiger charge is -2.16. The molecule has 0 spiro atoms. The second-order valence-corrected chi connectivity index (χ2v) is 5.87. The Balaban J connectivity index is 1.86. The summed E-state index contributed by atoms with van der Waals surface area (Å²) in [7, 11) is 2.10. The average molecular weight is 287 g/mol. The molecule has 0 bridgehead atoms. The normalized spacial score (nSPS) is 11.5. The maximum Gasteiger partial charge on any atom is 0.105 e. The van der Waals surface area contributed by atoms with E-state index in [4.69, 9.17) is 4.42 Å². The second kappa shape index (κ2) is 7.38. The topological polar surface area (TPSA) is 41.3 Å². The maximum atomic E-state index is 5.33. The van der Waals surface area contributed by atoms with Gasteiger partial charge in [0.05, 0.1) is 12.0 Å². The van der Waals surface area contributed by atoms with E-state index in [1.165, 1.54) is 11.1 Å². The van der Waals surface area contributed by atoms with Gasteiger partial charge in [-0.25, -0.2) is 0 Å². The first-order valence-electron chi connectivity index (χ1n) is 7.43. The summed E-state index contributed by atoms with van der Waals surface area (Å²) in [5, 5.41) is 3.40. The fourth-order valence-electron chi connectivity index (χ4n) is 2.17. The van der Waals surface area contributed by atoms with Crippen molar-refractivity contribution in [1.29, 1.82) is 0 Å². The standard InChI is InChI=1S/C17H25N3O/c1-13(2)18-9-15-5-6-17(19-10-15)12-20(4)11-16-7-8-21-14(16)3/h5-8,10,13,18H,9,11-12H2,1-4H3. The molecule has 0 radical (unpaired) electrons. The molecule has 0 aromatic carbocycles. The second-order valence-electron chi connectivity index (χ2n) is 5.87. The van der Waals surface area contributed by atoms with Gasteiger partial charge < -0.3 is 9.73 Å². The molecule has 0 fully saturated rings. The monoisotopic (exact) mass is 287 g/mol. The molecule has 0 saturated carbocycles. The molecule has 2 rings (SSSR count). The fraction of sp³-hybridized carbons (Fsp3) is 0.471. The van der Waals surface area contributed by atoms with Gasteiger partial charge in [-0.3, -0.25) is 9.88 Å². The highest BCUT2D eigenvalue weighted by molar-refractivity contribution is 5.16. The van der Waals surface area contributed by atoms with Gasteiger partial charge in [0.1, 0.15) is 5.76 Å². The Morgan fingerprint density at radius 1 is 1.24 bits per heavy atom. The van der Waals surface area contributed by atoms with Crippen molar-refractivity contribution in [3.63, 3.8) is 0 Å². The van der Waals surface area contributed by atoms with Crippen LogP contribution >= 0.6 is 0 Å². The van der Waals surface area contributed by atoms with E-state index in [-0.39, 0.29) is 0 Å². The first-order chi connectivity index (χ1) is 10.0. The Morgan fingerprint density at radius 3 is 2.62 bits per heavy atom. The van der Waals surface area contributed by atoms with Crippen LogP contribution in [0.3, 0.4) is 0 Å². The van der Waals surface area contributed by atoms with Crippen LogP contribution in [-0.2, 0) is 19.6 Å². The van der Waals surface area contributed by atoms with Gasteiger partial charge >= 0.3 is 0 Å². The Bertz CT molecular complexity index is 545. The predicted octanol–water partition coefficient (Wildman–Crippen LogP) is 3.11.